The lowest BCUT2D eigenvalue weighted by Crippen LogP contribution is -2.37. The molecule has 8 nitrogen and oxygen atoms in total. The summed E-state index contributed by atoms with van der Waals surface area (Å²) in [5.41, 5.74) is 0. The standard InChI is InChI=1S/C16H19FN4O4S/c1-10(24-12-6-4-11(17)5-7-12)15-19-20-16(25-15)26-9-14(23)21(3)8-13(22)18-2/h4-7,10H,8-9H2,1-3H3,(H,18,22)/t10-/m0/s1. The van der Waals surface area contributed by atoms with Crippen molar-refractivity contribution in [2.24, 2.45) is 0 Å². The minimum atomic E-state index is -0.533. The predicted octanol–water partition coefficient (Wildman–Crippen LogP) is 1.65. The molecule has 0 radical (unpaired) electrons. The number of nitrogens with one attached hydrogen (secondary N) is 1. The Balaban J connectivity index is 1.85. The van der Waals surface area contributed by atoms with Gasteiger partial charge in [-0.05, 0) is 31.2 Å². The lowest BCUT2D eigenvalue weighted by molar-refractivity contribution is -0.132. The van der Waals surface area contributed by atoms with E-state index < -0.39 is 6.10 Å². The zero-order valence-corrected chi connectivity index (χ0v) is 15.4. The number of benzene rings is 1. The molecule has 0 saturated carbocycles. The van der Waals surface area contributed by atoms with E-state index in [2.05, 4.69) is 15.5 Å². The van der Waals surface area contributed by atoms with Gasteiger partial charge in [0.15, 0.2) is 6.10 Å². The van der Waals surface area contributed by atoms with Crippen LogP contribution in [-0.2, 0) is 9.59 Å². The molecule has 1 atom stereocenters. The molecule has 1 N–H and O–H groups in total. The van der Waals surface area contributed by atoms with Crippen molar-refractivity contribution in [1.82, 2.24) is 20.4 Å². The maximum atomic E-state index is 12.9. The number of hydrogen-bond donors (Lipinski definition) is 1. The fourth-order valence-electron chi connectivity index (χ4n) is 1.83. The number of carbonyl (C=O) groups is 2. The largest absolute Gasteiger partial charge is 0.481 e. The Morgan fingerprint density at radius 2 is 2.04 bits per heavy atom. The first kappa shape index (κ1) is 19.7. The van der Waals surface area contributed by atoms with Gasteiger partial charge >= 0.3 is 0 Å². The molecule has 0 spiro atoms. The normalized spacial score (nSPS) is 11.7. The van der Waals surface area contributed by atoms with Crippen LogP contribution in [0.25, 0.3) is 0 Å². The van der Waals surface area contributed by atoms with Gasteiger partial charge in [0, 0.05) is 14.1 Å². The van der Waals surface area contributed by atoms with Crippen molar-refractivity contribution in [3.05, 3.63) is 36.0 Å². The maximum absolute atomic E-state index is 12.9. The van der Waals surface area contributed by atoms with E-state index in [4.69, 9.17) is 9.15 Å². The summed E-state index contributed by atoms with van der Waals surface area (Å²) in [6.45, 7) is 1.70. The minimum absolute atomic E-state index is 0.0203. The quantitative estimate of drug-likeness (QED) is 0.693. The monoisotopic (exact) mass is 382 g/mol. The van der Waals surface area contributed by atoms with Crippen LogP contribution in [0.5, 0.6) is 5.75 Å². The predicted molar refractivity (Wildman–Crippen MR) is 92.2 cm³/mol. The van der Waals surface area contributed by atoms with Crippen LogP contribution in [0.1, 0.15) is 18.9 Å². The number of hydrogen-bond acceptors (Lipinski definition) is 7. The molecule has 26 heavy (non-hydrogen) atoms. The SMILES string of the molecule is CNC(=O)CN(C)C(=O)CSc1nnc([C@H](C)Oc2ccc(F)cc2)o1. The van der Waals surface area contributed by atoms with Crippen molar-refractivity contribution in [1.29, 1.82) is 0 Å². The molecule has 2 rings (SSSR count). The van der Waals surface area contributed by atoms with E-state index in [-0.39, 0.29) is 41.0 Å². The summed E-state index contributed by atoms with van der Waals surface area (Å²) in [4.78, 5) is 24.5. The number of likely N-dealkylation sites (N-methyl/N-ethyl adjacent to an activating group) is 2. The number of amides is 2. The van der Waals surface area contributed by atoms with E-state index in [1.54, 1.807) is 6.92 Å². The summed E-state index contributed by atoms with van der Waals surface area (Å²) in [6, 6.07) is 5.58. The number of thioether (sulfide) groups is 1. The molecular weight excluding hydrogens is 363 g/mol. The van der Waals surface area contributed by atoms with Crippen LogP contribution in [0.2, 0.25) is 0 Å². The third-order valence-electron chi connectivity index (χ3n) is 3.30. The van der Waals surface area contributed by atoms with Crippen molar-refractivity contribution >= 4 is 23.6 Å². The number of ether oxygens (including phenoxy) is 1. The van der Waals surface area contributed by atoms with Crippen LogP contribution in [0.4, 0.5) is 4.39 Å². The third kappa shape index (κ3) is 5.73. The fraction of sp³-hybridized carbons (Fsp3) is 0.375. The molecule has 1 heterocycles. The van der Waals surface area contributed by atoms with Crippen molar-refractivity contribution in [2.75, 3.05) is 26.4 Å². The zero-order chi connectivity index (χ0) is 19.1. The molecule has 140 valence electrons. The molecule has 0 fully saturated rings. The van der Waals surface area contributed by atoms with Crippen LogP contribution in [0, 0.1) is 5.82 Å². The molecule has 0 unspecified atom stereocenters. The smallest absolute Gasteiger partial charge is 0.277 e. The fourth-order valence-corrected chi connectivity index (χ4v) is 2.54. The second-order valence-electron chi connectivity index (χ2n) is 5.33. The first-order chi connectivity index (χ1) is 12.4. The summed E-state index contributed by atoms with van der Waals surface area (Å²) >= 11 is 1.07. The molecule has 1 aromatic carbocycles. The van der Waals surface area contributed by atoms with E-state index in [9.17, 15) is 14.0 Å². The highest BCUT2D eigenvalue weighted by atomic mass is 32.2. The van der Waals surface area contributed by atoms with Gasteiger partial charge in [0.1, 0.15) is 11.6 Å². The minimum Gasteiger partial charge on any atom is -0.481 e. The Bertz CT molecular complexity index is 753. The van der Waals surface area contributed by atoms with Crippen LogP contribution < -0.4 is 10.1 Å². The topological polar surface area (TPSA) is 97.6 Å². The van der Waals surface area contributed by atoms with Crippen LogP contribution in [0.3, 0.4) is 0 Å². The molecule has 0 aliphatic rings. The molecule has 0 saturated heterocycles. The molecule has 0 aliphatic carbocycles. The third-order valence-corrected chi connectivity index (χ3v) is 4.10. The summed E-state index contributed by atoms with van der Waals surface area (Å²) in [5.74, 6) is -0.0815. The van der Waals surface area contributed by atoms with E-state index in [1.165, 1.54) is 43.3 Å². The Kier molecular flexibility index (Phi) is 6.96. The van der Waals surface area contributed by atoms with Gasteiger partial charge in [0.25, 0.3) is 11.1 Å². The molecule has 0 aliphatic heterocycles. The average molecular weight is 382 g/mol. The van der Waals surface area contributed by atoms with Gasteiger partial charge in [-0.25, -0.2) is 4.39 Å². The molecule has 2 aromatic rings. The highest BCUT2D eigenvalue weighted by Gasteiger charge is 2.18. The van der Waals surface area contributed by atoms with Crippen molar-refractivity contribution < 1.29 is 23.1 Å². The van der Waals surface area contributed by atoms with Gasteiger partial charge in [-0.1, -0.05) is 11.8 Å². The highest BCUT2D eigenvalue weighted by Crippen LogP contribution is 2.24. The lowest BCUT2D eigenvalue weighted by Gasteiger charge is -2.15. The van der Waals surface area contributed by atoms with E-state index in [0.29, 0.717) is 5.75 Å². The van der Waals surface area contributed by atoms with Crippen LogP contribution in [-0.4, -0.2) is 53.3 Å². The van der Waals surface area contributed by atoms with Gasteiger partial charge in [-0.15, -0.1) is 10.2 Å². The number of nitrogens with zero attached hydrogens (tertiary/aromatic N) is 3. The molecule has 0 bridgehead atoms. The van der Waals surface area contributed by atoms with Gasteiger partial charge in [0.05, 0.1) is 12.3 Å². The second-order valence-corrected chi connectivity index (χ2v) is 6.26. The van der Waals surface area contributed by atoms with Crippen molar-refractivity contribution in [3.63, 3.8) is 0 Å². The molecular formula is C16H19FN4O4S. The van der Waals surface area contributed by atoms with Gasteiger partial charge in [0.2, 0.25) is 11.8 Å². The number of halogens is 1. The second kappa shape index (κ2) is 9.18. The molecule has 10 heteroatoms. The van der Waals surface area contributed by atoms with Crippen molar-refractivity contribution in [2.45, 2.75) is 18.3 Å². The lowest BCUT2D eigenvalue weighted by atomic mass is 10.3. The van der Waals surface area contributed by atoms with Gasteiger partial charge in [-0.3, -0.25) is 9.59 Å². The summed E-state index contributed by atoms with van der Waals surface area (Å²) < 4.78 is 24.0. The summed E-state index contributed by atoms with van der Waals surface area (Å²) in [7, 11) is 3.04. The van der Waals surface area contributed by atoms with Gasteiger partial charge in [-0.2, -0.15) is 0 Å². The first-order valence-electron chi connectivity index (χ1n) is 7.72. The van der Waals surface area contributed by atoms with E-state index in [0.717, 1.165) is 11.8 Å². The summed E-state index contributed by atoms with van der Waals surface area (Å²) in [5, 5.41) is 10.4. The first-order valence-corrected chi connectivity index (χ1v) is 8.70. The average Bonchev–Trinajstić information content (AvgIpc) is 3.10. The van der Waals surface area contributed by atoms with Gasteiger partial charge < -0.3 is 19.4 Å². The Hall–Kier alpha value is -2.62. The van der Waals surface area contributed by atoms with Crippen LogP contribution >= 0.6 is 11.8 Å². The van der Waals surface area contributed by atoms with E-state index >= 15 is 0 Å². The Morgan fingerprint density at radius 1 is 1.35 bits per heavy atom. The zero-order valence-electron chi connectivity index (χ0n) is 14.6. The number of aromatic nitrogens is 2. The maximum Gasteiger partial charge on any atom is 0.277 e. The highest BCUT2D eigenvalue weighted by molar-refractivity contribution is 7.99. The van der Waals surface area contributed by atoms with E-state index in [1.807, 2.05) is 0 Å². The summed E-state index contributed by atoms with van der Waals surface area (Å²) in [6.07, 6.45) is -0.533. The Morgan fingerprint density at radius 3 is 2.69 bits per heavy atom. The number of rotatable bonds is 8. The molecule has 2 amide bonds. The van der Waals surface area contributed by atoms with Crippen molar-refractivity contribution in [3.8, 4) is 5.75 Å². The van der Waals surface area contributed by atoms with Crippen LogP contribution in [0.15, 0.2) is 33.9 Å². The number of carbonyl (C=O) groups excluding carboxylic acids is 2. The Labute approximate surface area is 154 Å². The molecule has 1 aromatic heterocycles.